The summed E-state index contributed by atoms with van der Waals surface area (Å²) in [5.74, 6) is 0.700. The maximum Gasteiger partial charge on any atom is 0.317 e. The van der Waals surface area contributed by atoms with Crippen molar-refractivity contribution < 1.29 is 19.4 Å². The number of hydrogen-bond donors (Lipinski definition) is 2. The van der Waals surface area contributed by atoms with Crippen LogP contribution in [0.25, 0.3) is 0 Å². The summed E-state index contributed by atoms with van der Waals surface area (Å²) in [6.07, 6.45) is 0.269. The maximum atomic E-state index is 12.1. The number of aliphatic hydroxyl groups is 1. The van der Waals surface area contributed by atoms with Crippen LogP contribution in [-0.2, 0) is 4.79 Å². The second-order valence-corrected chi connectivity index (χ2v) is 5.20. The van der Waals surface area contributed by atoms with Gasteiger partial charge < -0.3 is 25.0 Å². The molecule has 1 aromatic carbocycles. The highest BCUT2D eigenvalue weighted by atomic mass is 16.5. The van der Waals surface area contributed by atoms with Crippen LogP contribution >= 0.6 is 0 Å². The molecule has 2 N–H and O–H groups in total. The van der Waals surface area contributed by atoms with E-state index in [1.165, 1.54) is 4.90 Å². The molecule has 1 aliphatic rings. The topological polar surface area (TPSA) is 82.1 Å². The van der Waals surface area contributed by atoms with Crippen LogP contribution in [0.15, 0.2) is 24.3 Å². The Morgan fingerprint density at radius 3 is 2.73 bits per heavy atom. The molecule has 0 aromatic heterocycles. The molecule has 0 bridgehead atoms. The van der Waals surface area contributed by atoms with Gasteiger partial charge in [0.25, 0.3) is 0 Å². The fraction of sp³-hybridized carbons (Fsp3) is 0.467. The molecule has 1 heterocycles. The molecular formula is C15H21N3O4. The molecule has 7 heteroatoms. The minimum atomic E-state index is -0.288. The van der Waals surface area contributed by atoms with Gasteiger partial charge >= 0.3 is 6.03 Å². The summed E-state index contributed by atoms with van der Waals surface area (Å²) < 4.78 is 5.10. The van der Waals surface area contributed by atoms with E-state index < -0.39 is 0 Å². The van der Waals surface area contributed by atoms with Crippen LogP contribution in [0, 0.1) is 0 Å². The zero-order chi connectivity index (χ0) is 16.1. The Labute approximate surface area is 129 Å². The third-order valence-electron chi connectivity index (χ3n) is 3.62. The molecule has 22 heavy (non-hydrogen) atoms. The minimum Gasteiger partial charge on any atom is -0.497 e. The fourth-order valence-electron chi connectivity index (χ4n) is 2.35. The molecule has 1 saturated heterocycles. The molecule has 1 aliphatic heterocycles. The van der Waals surface area contributed by atoms with E-state index in [-0.39, 0.29) is 37.6 Å². The third kappa shape index (κ3) is 3.67. The van der Waals surface area contributed by atoms with Gasteiger partial charge in [0.1, 0.15) is 5.75 Å². The van der Waals surface area contributed by atoms with Gasteiger partial charge in [-0.3, -0.25) is 4.79 Å². The number of anilines is 1. The molecule has 1 atom stereocenters. The van der Waals surface area contributed by atoms with E-state index in [9.17, 15) is 9.59 Å². The summed E-state index contributed by atoms with van der Waals surface area (Å²) >= 11 is 0. The summed E-state index contributed by atoms with van der Waals surface area (Å²) in [4.78, 5) is 27.0. The number of nitrogens with one attached hydrogen (secondary N) is 1. The van der Waals surface area contributed by atoms with Crippen LogP contribution in [0.2, 0.25) is 0 Å². The van der Waals surface area contributed by atoms with E-state index >= 15 is 0 Å². The van der Waals surface area contributed by atoms with Gasteiger partial charge in [0.2, 0.25) is 5.91 Å². The van der Waals surface area contributed by atoms with Crippen LogP contribution in [0.1, 0.15) is 6.42 Å². The first-order valence-electron chi connectivity index (χ1n) is 7.12. The van der Waals surface area contributed by atoms with Crippen molar-refractivity contribution in [2.45, 2.75) is 12.5 Å². The van der Waals surface area contributed by atoms with Crippen molar-refractivity contribution in [3.05, 3.63) is 24.3 Å². The number of rotatable bonds is 5. The number of carbonyl (C=O) groups is 2. The molecule has 0 aliphatic carbocycles. The first-order valence-corrected chi connectivity index (χ1v) is 7.12. The number of urea groups is 1. The Bertz CT molecular complexity index is 532. The molecule has 0 radical (unpaired) electrons. The summed E-state index contributed by atoms with van der Waals surface area (Å²) in [6, 6.07) is 6.71. The van der Waals surface area contributed by atoms with Gasteiger partial charge in [-0.25, -0.2) is 4.79 Å². The second kappa shape index (κ2) is 7.13. The summed E-state index contributed by atoms with van der Waals surface area (Å²) in [7, 11) is 3.19. The minimum absolute atomic E-state index is 0.0275. The Hall–Kier alpha value is -2.28. The molecule has 0 spiro atoms. The zero-order valence-electron chi connectivity index (χ0n) is 12.8. The van der Waals surface area contributed by atoms with Crippen molar-refractivity contribution in [3.8, 4) is 5.75 Å². The summed E-state index contributed by atoms with van der Waals surface area (Å²) in [5, 5.41) is 11.6. The summed E-state index contributed by atoms with van der Waals surface area (Å²) in [6.45, 7) is 0.601. The van der Waals surface area contributed by atoms with E-state index in [0.29, 0.717) is 6.54 Å². The van der Waals surface area contributed by atoms with Crippen molar-refractivity contribution in [2.75, 3.05) is 38.8 Å². The number of nitrogens with zero attached hydrogens (tertiary/aromatic N) is 2. The lowest BCUT2D eigenvalue weighted by Gasteiger charge is -2.20. The average Bonchev–Trinajstić information content (AvgIpc) is 2.88. The van der Waals surface area contributed by atoms with Crippen molar-refractivity contribution in [2.24, 2.45) is 0 Å². The first-order chi connectivity index (χ1) is 10.5. The van der Waals surface area contributed by atoms with Gasteiger partial charge in [-0.15, -0.1) is 0 Å². The third-order valence-corrected chi connectivity index (χ3v) is 3.62. The molecule has 3 amide bonds. The van der Waals surface area contributed by atoms with E-state index in [1.54, 1.807) is 31.2 Å². The standard InChI is InChI=1S/C15H21N3O4/c1-17(7-8-19)15(21)16-11-9-14(20)18(10-11)12-3-5-13(22-2)6-4-12/h3-6,11,19H,7-10H2,1-2H3,(H,16,21). The largest absolute Gasteiger partial charge is 0.497 e. The predicted octanol–water partition coefficient (Wildman–Crippen LogP) is 0.434. The molecule has 2 rings (SSSR count). The van der Waals surface area contributed by atoms with E-state index in [0.717, 1.165) is 11.4 Å². The second-order valence-electron chi connectivity index (χ2n) is 5.20. The van der Waals surface area contributed by atoms with Crippen LogP contribution in [-0.4, -0.2) is 61.8 Å². The first kappa shape index (κ1) is 16.1. The maximum absolute atomic E-state index is 12.1. The van der Waals surface area contributed by atoms with E-state index in [2.05, 4.69) is 5.32 Å². The number of hydrogen-bond acceptors (Lipinski definition) is 4. The Balaban J connectivity index is 1.96. The lowest BCUT2D eigenvalue weighted by molar-refractivity contribution is -0.117. The van der Waals surface area contributed by atoms with Gasteiger partial charge in [-0.1, -0.05) is 0 Å². The number of benzene rings is 1. The number of carbonyl (C=O) groups excluding carboxylic acids is 2. The van der Waals surface area contributed by atoms with Crippen LogP contribution in [0.5, 0.6) is 5.75 Å². The van der Waals surface area contributed by atoms with Crippen molar-refractivity contribution in [3.63, 3.8) is 0 Å². The number of methoxy groups -OCH3 is 1. The smallest absolute Gasteiger partial charge is 0.317 e. The van der Waals surface area contributed by atoms with Crippen molar-refractivity contribution in [1.29, 1.82) is 0 Å². The number of amides is 3. The molecule has 1 fully saturated rings. The van der Waals surface area contributed by atoms with Gasteiger partial charge in [0.15, 0.2) is 0 Å². The highest BCUT2D eigenvalue weighted by Gasteiger charge is 2.32. The zero-order valence-corrected chi connectivity index (χ0v) is 12.8. The highest BCUT2D eigenvalue weighted by Crippen LogP contribution is 2.24. The highest BCUT2D eigenvalue weighted by molar-refractivity contribution is 5.96. The number of aliphatic hydroxyl groups excluding tert-OH is 1. The Morgan fingerprint density at radius 1 is 1.45 bits per heavy atom. The lowest BCUT2D eigenvalue weighted by atomic mass is 10.2. The van der Waals surface area contributed by atoms with Gasteiger partial charge in [-0.2, -0.15) is 0 Å². The van der Waals surface area contributed by atoms with Crippen LogP contribution < -0.4 is 15.0 Å². The predicted molar refractivity (Wildman–Crippen MR) is 82.0 cm³/mol. The Morgan fingerprint density at radius 2 is 2.14 bits per heavy atom. The molecule has 120 valence electrons. The van der Waals surface area contributed by atoms with Crippen LogP contribution in [0.4, 0.5) is 10.5 Å². The number of ether oxygens (including phenoxy) is 1. The van der Waals surface area contributed by atoms with Crippen LogP contribution in [0.3, 0.4) is 0 Å². The molecule has 1 unspecified atom stereocenters. The SMILES string of the molecule is COc1ccc(N2CC(NC(=O)N(C)CCO)CC2=O)cc1. The van der Waals surface area contributed by atoms with Crippen molar-refractivity contribution in [1.82, 2.24) is 10.2 Å². The van der Waals surface area contributed by atoms with Crippen molar-refractivity contribution >= 4 is 17.6 Å². The van der Waals surface area contributed by atoms with Gasteiger partial charge in [0.05, 0.1) is 19.8 Å². The number of likely N-dealkylation sites (N-methyl/N-ethyl adjacent to an activating group) is 1. The Kier molecular flexibility index (Phi) is 5.21. The lowest BCUT2D eigenvalue weighted by Crippen LogP contribution is -2.45. The monoisotopic (exact) mass is 307 g/mol. The normalized spacial score (nSPS) is 17.5. The summed E-state index contributed by atoms with van der Waals surface area (Å²) in [5.41, 5.74) is 0.784. The average molecular weight is 307 g/mol. The van der Waals surface area contributed by atoms with E-state index in [1.807, 2.05) is 12.1 Å². The molecule has 0 saturated carbocycles. The van der Waals surface area contributed by atoms with Gasteiger partial charge in [0, 0.05) is 32.2 Å². The molecule has 1 aromatic rings. The molecule has 7 nitrogen and oxygen atoms in total. The van der Waals surface area contributed by atoms with E-state index in [4.69, 9.17) is 9.84 Å². The fourth-order valence-corrected chi connectivity index (χ4v) is 2.35. The van der Waals surface area contributed by atoms with Gasteiger partial charge in [-0.05, 0) is 24.3 Å². The quantitative estimate of drug-likeness (QED) is 0.827. The molecular weight excluding hydrogens is 286 g/mol.